The van der Waals surface area contributed by atoms with Crippen LogP contribution in [0.2, 0.25) is 0 Å². The summed E-state index contributed by atoms with van der Waals surface area (Å²) in [6.45, 7) is 13.4. The molecule has 0 radical (unpaired) electrons. The molecule has 2 unspecified atom stereocenters. The van der Waals surface area contributed by atoms with Crippen molar-refractivity contribution in [2.75, 3.05) is 60.2 Å². The number of ether oxygens (including phenoxy) is 6. The standard InChI is InChI=1S/C57H108N2O11/c1-8-13-17-23-31-45-65-53(61)37-27-21-22-28-38-54(62)68-48-50(59(44-34-43-58(6)7)52(60)41-42-56(64)70-51(35-12-5)36-26-20-16-11-4)49-69-55(63)39-29-30-40-57(66-46-32-24-18-14-9-2)67-47-33-25-19-15-10-3/h50-51,57H,8-49H2,1-7H3. The Morgan fingerprint density at radius 2 is 0.829 bits per heavy atom. The molecule has 0 aliphatic rings. The smallest absolute Gasteiger partial charge is 0.306 e. The Kier molecular flexibility index (Phi) is 47.8. The molecule has 0 aromatic rings. The second kappa shape index (κ2) is 49.8. The molecule has 0 bridgehead atoms. The summed E-state index contributed by atoms with van der Waals surface area (Å²) in [5.41, 5.74) is 0. The molecule has 0 spiro atoms. The molecule has 0 aliphatic heterocycles. The first-order valence-corrected chi connectivity index (χ1v) is 28.8. The van der Waals surface area contributed by atoms with Crippen LogP contribution < -0.4 is 0 Å². The molecule has 0 saturated carbocycles. The van der Waals surface area contributed by atoms with Gasteiger partial charge in [-0.1, -0.05) is 150 Å². The lowest BCUT2D eigenvalue weighted by atomic mass is 10.1. The molecule has 0 rings (SSSR count). The van der Waals surface area contributed by atoms with E-state index in [1.807, 2.05) is 19.0 Å². The Morgan fingerprint density at radius 1 is 0.386 bits per heavy atom. The minimum Gasteiger partial charge on any atom is -0.466 e. The molecule has 0 saturated heterocycles. The van der Waals surface area contributed by atoms with Crippen molar-refractivity contribution in [3.05, 3.63) is 0 Å². The average Bonchev–Trinajstić information content (AvgIpc) is 3.34. The van der Waals surface area contributed by atoms with Crippen LogP contribution in [0.1, 0.15) is 259 Å². The molecule has 412 valence electrons. The van der Waals surface area contributed by atoms with Gasteiger partial charge < -0.3 is 38.2 Å². The summed E-state index contributed by atoms with van der Waals surface area (Å²) in [6, 6.07) is -0.733. The van der Waals surface area contributed by atoms with Gasteiger partial charge in [-0.15, -0.1) is 0 Å². The van der Waals surface area contributed by atoms with Crippen LogP contribution in [-0.2, 0) is 52.4 Å². The van der Waals surface area contributed by atoms with E-state index in [0.29, 0.717) is 71.4 Å². The quantitative estimate of drug-likeness (QED) is 0.0247. The Balaban J connectivity index is 5.63. The minimum atomic E-state index is -0.733. The molecule has 2 atom stereocenters. The number of amides is 1. The Bertz CT molecular complexity index is 1230. The zero-order valence-electron chi connectivity index (χ0n) is 46.3. The van der Waals surface area contributed by atoms with E-state index in [-0.39, 0.29) is 69.1 Å². The maximum atomic E-state index is 14.1. The van der Waals surface area contributed by atoms with E-state index in [2.05, 4.69) is 34.6 Å². The van der Waals surface area contributed by atoms with E-state index in [4.69, 9.17) is 28.4 Å². The zero-order chi connectivity index (χ0) is 51.7. The van der Waals surface area contributed by atoms with Gasteiger partial charge in [0, 0.05) is 45.4 Å². The van der Waals surface area contributed by atoms with Crippen LogP contribution in [0.15, 0.2) is 0 Å². The topological polar surface area (TPSA) is 147 Å². The number of nitrogens with zero attached hydrogens (tertiary/aromatic N) is 2. The largest absolute Gasteiger partial charge is 0.466 e. The van der Waals surface area contributed by atoms with E-state index in [0.717, 1.165) is 103 Å². The highest BCUT2D eigenvalue weighted by molar-refractivity contribution is 5.82. The first-order chi connectivity index (χ1) is 34.0. The van der Waals surface area contributed by atoms with Gasteiger partial charge in [-0.25, -0.2) is 0 Å². The minimum absolute atomic E-state index is 0.0621. The Morgan fingerprint density at radius 3 is 1.33 bits per heavy atom. The van der Waals surface area contributed by atoms with Crippen molar-refractivity contribution in [1.82, 2.24) is 9.80 Å². The van der Waals surface area contributed by atoms with Gasteiger partial charge in [-0.2, -0.15) is 0 Å². The Hall–Kier alpha value is -2.77. The predicted molar refractivity (Wildman–Crippen MR) is 282 cm³/mol. The van der Waals surface area contributed by atoms with Crippen molar-refractivity contribution >= 4 is 29.8 Å². The van der Waals surface area contributed by atoms with Crippen LogP contribution in [0.25, 0.3) is 0 Å². The van der Waals surface area contributed by atoms with E-state index >= 15 is 0 Å². The zero-order valence-corrected chi connectivity index (χ0v) is 46.3. The summed E-state index contributed by atoms with van der Waals surface area (Å²) < 4.78 is 35.2. The van der Waals surface area contributed by atoms with Gasteiger partial charge >= 0.3 is 23.9 Å². The third kappa shape index (κ3) is 42.9. The number of hydrogen-bond donors (Lipinski definition) is 0. The van der Waals surface area contributed by atoms with Crippen molar-refractivity contribution < 1.29 is 52.4 Å². The highest BCUT2D eigenvalue weighted by atomic mass is 16.7. The van der Waals surface area contributed by atoms with Crippen LogP contribution in [0.4, 0.5) is 0 Å². The van der Waals surface area contributed by atoms with E-state index in [1.54, 1.807) is 4.90 Å². The fraction of sp³-hybridized carbons (Fsp3) is 0.912. The number of unbranched alkanes of at least 4 members (excludes halogenated alkanes) is 19. The first-order valence-electron chi connectivity index (χ1n) is 28.8. The molecule has 0 aromatic heterocycles. The first kappa shape index (κ1) is 67.2. The number of carbonyl (C=O) groups is 5. The number of carbonyl (C=O) groups excluding carboxylic acids is 5. The molecule has 70 heavy (non-hydrogen) atoms. The second-order valence-electron chi connectivity index (χ2n) is 19.8. The summed E-state index contributed by atoms with van der Waals surface area (Å²) in [4.78, 5) is 69.4. The van der Waals surface area contributed by atoms with Gasteiger partial charge in [0.05, 0.1) is 19.1 Å². The summed E-state index contributed by atoms with van der Waals surface area (Å²) in [5, 5.41) is 0. The van der Waals surface area contributed by atoms with Crippen molar-refractivity contribution in [2.24, 2.45) is 0 Å². The second-order valence-corrected chi connectivity index (χ2v) is 19.8. The number of esters is 4. The summed E-state index contributed by atoms with van der Waals surface area (Å²) in [6.07, 6.45) is 29.7. The fourth-order valence-electron chi connectivity index (χ4n) is 8.29. The molecule has 0 N–H and O–H groups in total. The monoisotopic (exact) mass is 997 g/mol. The molecule has 0 aliphatic carbocycles. The molecular formula is C57H108N2O11. The van der Waals surface area contributed by atoms with Crippen LogP contribution >= 0.6 is 0 Å². The maximum absolute atomic E-state index is 14.1. The molecular weight excluding hydrogens is 889 g/mol. The summed E-state index contributed by atoms with van der Waals surface area (Å²) in [5.74, 6) is -1.62. The number of rotatable bonds is 52. The molecule has 13 heteroatoms. The maximum Gasteiger partial charge on any atom is 0.306 e. The van der Waals surface area contributed by atoms with Crippen LogP contribution in [0.3, 0.4) is 0 Å². The van der Waals surface area contributed by atoms with Gasteiger partial charge in [-0.05, 0) is 97.7 Å². The molecule has 0 heterocycles. The average molecular weight is 997 g/mol. The van der Waals surface area contributed by atoms with Gasteiger partial charge in [0.2, 0.25) is 5.91 Å². The van der Waals surface area contributed by atoms with E-state index < -0.39 is 18.0 Å². The highest BCUT2D eigenvalue weighted by Crippen LogP contribution is 2.18. The van der Waals surface area contributed by atoms with Crippen LogP contribution in [0.5, 0.6) is 0 Å². The normalized spacial score (nSPS) is 12.3. The Labute approximate surface area is 428 Å². The van der Waals surface area contributed by atoms with Gasteiger partial charge in [0.15, 0.2) is 6.29 Å². The van der Waals surface area contributed by atoms with Gasteiger partial charge in [0.25, 0.3) is 0 Å². The van der Waals surface area contributed by atoms with Crippen LogP contribution in [-0.4, -0.2) is 118 Å². The summed E-state index contributed by atoms with van der Waals surface area (Å²) >= 11 is 0. The molecule has 1 amide bonds. The molecule has 0 aromatic carbocycles. The third-order valence-electron chi connectivity index (χ3n) is 12.7. The molecule has 13 nitrogen and oxygen atoms in total. The van der Waals surface area contributed by atoms with E-state index in [9.17, 15) is 24.0 Å². The van der Waals surface area contributed by atoms with E-state index in [1.165, 1.54) is 57.8 Å². The van der Waals surface area contributed by atoms with Crippen molar-refractivity contribution in [1.29, 1.82) is 0 Å². The highest BCUT2D eigenvalue weighted by Gasteiger charge is 2.28. The number of hydrogen-bond acceptors (Lipinski definition) is 12. The van der Waals surface area contributed by atoms with Crippen molar-refractivity contribution in [3.8, 4) is 0 Å². The lowest BCUT2D eigenvalue weighted by molar-refractivity contribution is -0.156. The summed E-state index contributed by atoms with van der Waals surface area (Å²) in [7, 11) is 3.92. The fourth-order valence-corrected chi connectivity index (χ4v) is 8.29. The SMILES string of the molecule is CCCCCCCOC(=O)CCCCCCC(=O)OCC(COC(=O)CCCCC(OCCCCCCC)OCCCCCCC)N(CCCN(C)C)C(=O)CCC(=O)OC(CCC)CCCCCC. The van der Waals surface area contributed by atoms with Crippen molar-refractivity contribution in [3.63, 3.8) is 0 Å². The lowest BCUT2D eigenvalue weighted by Crippen LogP contribution is -2.47. The van der Waals surface area contributed by atoms with Gasteiger partial charge in [-0.3, -0.25) is 24.0 Å². The molecule has 0 fully saturated rings. The predicted octanol–water partition coefficient (Wildman–Crippen LogP) is 13.4. The van der Waals surface area contributed by atoms with Crippen LogP contribution in [0, 0.1) is 0 Å². The van der Waals surface area contributed by atoms with Crippen molar-refractivity contribution in [2.45, 2.75) is 278 Å². The third-order valence-corrected chi connectivity index (χ3v) is 12.7. The van der Waals surface area contributed by atoms with Gasteiger partial charge in [0.1, 0.15) is 19.3 Å². The lowest BCUT2D eigenvalue weighted by Gasteiger charge is -2.32.